The second-order valence-electron chi connectivity index (χ2n) is 7.02. The van der Waals surface area contributed by atoms with Crippen molar-refractivity contribution in [1.82, 2.24) is 9.88 Å². The average molecular weight is 498 g/mol. The molecule has 0 N–H and O–H groups in total. The van der Waals surface area contributed by atoms with E-state index in [1.165, 1.54) is 19.2 Å². The number of benzene rings is 2. The van der Waals surface area contributed by atoms with E-state index in [0.717, 1.165) is 28.4 Å². The highest BCUT2D eigenvalue weighted by Gasteiger charge is 2.35. The largest absolute Gasteiger partial charge is 0.493 e. The zero-order valence-corrected chi connectivity index (χ0v) is 19.2. The molecule has 172 valence electrons. The first kappa shape index (κ1) is 23.3. The molecule has 3 aromatic rings. The summed E-state index contributed by atoms with van der Waals surface area (Å²) >= 11 is 6.85. The minimum Gasteiger partial charge on any atom is -0.493 e. The smallest absolute Gasteiger partial charge is 0.293 e. The van der Waals surface area contributed by atoms with E-state index < -0.39 is 10.8 Å². The zero-order chi connectivity index (χ0) is 24.2. The molecule has 2 amide bonds. The number of amides is 2. The minimum atomic E-state index is -0.553. The van der Waals surface area contributed by atoms with Crippen LogP contribution in [0.3, 0.4) is 0 Å². The van der Waals surface area contributed by atoms with Gasteiger partial charge in [0.15, 0.2) is 11.5 Å². The first-order valence-electron chi connectivity index (χ1n) is 9.80. The molecule has 4 rings (SSSR count). The van der Waals surface area contributed by atoms with Gasteiger partial charge in [-0.05, 0) is 53.2 Å². The van der Waals surface area contributed by atoms with Crippen molar-refractivity contribution < 1.29 is 24.0 Å². The van der Waals surface area contributed by atoms with Crippen LogP contribution < -0.4 is 9.47 Å². The Hall–Kier alpha value is -3.89. The lowest BCUT2D eigenvalue weighted by atomic mass is 10.1. The van der Waals surface area contributed by atoms with Crippen molar-refractivity contribution in [3.05, 3.63) is 92.0 Å². The van der Waals surface area contributed by atoms with Gasteiger partial charge in [0, 0.05) is 17.2 Å². The summed E-state index contributed by atoms with van der Waals surface area (Å²) in [5.41, 5.74) is 1.21. The topological polar surface area (TPSA) is 112 Å². The van der Waals surface area contributed by atoms with Gasteiger partial charge in [-0.1, -0.05) is 29.8 Å². The summed E-state index contributed by atoms with van der Waals surface area (Å²) in [5.74, 6) is 0.435. The molecule has 1 aromatic heterocycles. The molecule has 2 heterocycles. The maximum Gasteiger partial charge on any atom is 0.293 e. The Labute approximate surface area is 203 Å². The number of hydrogen-bond donors (Lipinski definition) is 0. The molecule has 11 heteroatoms. The Balaban J connectivity index is 1.52. The summed E-state index contributed by atoms with van der Waals surface area (Å²) < 4.78 is 11.0. The van der Waals surface area contributed by atoms with Crippen LogP contribution in [0.2, 0.25) is 5.02 Å². The standard InChI is InChI=1S/C23H16ClN3O6S/c1-32-19-10-14(5-7-18(19)33-21-8-6-17(12-25-21)27(30)31)11-20-22(28)26(23(29)34-20)13-15-3-2-4-16(24)9-15/h2-12H,13H2,1H3/b20-11-. The van der Waals surface area contributed by atoms with Crippen LogP contribution in [0.1, 0.15) is 11.1 Å². The van der Waals surface area contributed by atoms with Gasteiger partial charge in [0.1, 0.15) is 6.20 Å². The van der Waals surface area contributed by atoms with E-state index >= 15 is 0 Å². The van der Waals surface area contributed by atoms with Crippen molar-refractivity contribution in [1.29, 1.82) is 0 Å². The number of carbonyl (C=O) groups excluding carboxylic acids is 2. The summed E-state index contributed by atoms with van der Waals surface area (Å²) in [5, 5.41) is 10.9. The van der Waals surface area contributed by atoms with Crippen LogP contribution in [-0.2, 0) is 11.3 Å². The van der Waals surface area contributed by atoms with Gasteiger partial charge in [-0.25, -0.2) is 4.98 Å². The molecule has 0 bridgehead atoms. The van der Waals surface area contributed by atoms with E-state index in [-0.39, 0.29) is 28.3 Å². The van der Waals surface area contributed by atoms with E-state index in [2.05, 4.69) is 4.98 Å². The molecule has 0 aliphatic carbocycles. The molecular weight excluding hydrogens is 482 g/mol. The Morgan fingerprint density at radius 2 is 1.97 bits per heavy atom. The number of rotatable bonds is 7. The number of thioether (sulfide) groups is 1. The van der Waals surface area contributed by atoms with Crippen molar-refractivity contribution in [2.45, 2.75) is 6.54 Å². The normalized spacial score (nSPS) is 14.5. The molecule has 0 unspecified atom stereocenters. The van der Waals surface area contributed by atoms with Gasteiger partial charge < -0.3 is 9.47 Å². The molecular formula is C23H16ClN3O6S. The Morgan fingerprint density at radius 1 is 1.15 bits per heavy atom. The number of pyridine rings is 1. The van der Waals surface area contributed by atoms with Gasteiger partial charge in [0.2, 0.25) is 5.88 Å². The highest BCUT2D eigenvalue weighted by molar-refractivity contribution is 8.18. The third kappa shape index (κ3) is 5.19. The maximum atomic E-state index is 12.8. The Bertz CT molecular complexity index is 1310. The SMILES string of the molecule is COc1cc(/C=C2\SC(=O)N(Cc3cccc(Cl)c3)C2=O)ccc1Oc1ccc([N+](=O)[O-])cn1. The van der Waals surface area contributed by atoms with Crippen LogP contribution in [0.25, 0.3) is 6.08 Å². The fourth-order valence-corrected chi connectivity index (χ4v) is 4.17. The van der Waals surface area contributed by atoms with Crippen molar-refractivity contribution in [2.24, 2.45) is 0 Å². The third-order valence-corrected chi connectivity index (χ3v) is 5.88. The lowest BCUT2D eigenvalue weighted by Crippen LogP contribution is -2.27. The van der Waals surface area contributed by atoms with Crippen LogP contribution in [0.5, 0.6) is 17.4 Å². The van der Waals surface area contributed by atoms with Crippen LogP contribution in [0.15, 0.2) is 65.7 Å². The number of nitrogens with zero attached hydrogens (tertiary/aromatic N) is 3. The average Bonchev–Trinajstić information content (AvgIpc) is 3.07. The molecule has 1 aliphatic heterocycles. The fraction of sp³-hybridized carbons (Fsp3) is 0.0870. The number of imide groups is 1. The van der Waals surface area contributed by atoms with E-state index in [1.54, 1.807) is 48.5 Å². The molecule has 0 spiro atoms. The first-order valence-corrected chi connectivity index (χ1v) is 11.0. The Kier molecular flexibility index (Phi) is 6.80. The summed E-state index contributed by atoms with van der Waals surface area (Å²) in [6.45, 7) is 0.126. The number of aromatic nitrogens is 1. The van der Waals surface area contributed by atoms with Gasteiger partial charge in [0.05, 0.1) is 23.5 Å². The highest BCUT2D eigenvalue weighted by atomic mass is 35.5. The molecule has 0 atom stereocenters. The molecule has 34 heavy (non-hydrogen) atoms. The predicted octanol–water partition coefficient (Wildman–Crippen LogP) is 5.68. The number of ether oxygens (including phenoxy) is 2. The number of hydrogen-bond acceptors (Lipinski definition) is 8. The van der Waals surface area contributed by atoms with Gasteiger partial charge in [-0.3, -0.25) is 24.6 Å². The van der Waals surface area contributed by atoms with Crippen LogP contribution >= 0.6 is 23.4 Å². The molecule has 0 radical (unpaired) electrons. The molecule has 1 aliphatic rings. The van der Waals surface area contributed by atoms with E-state index in [4.69, 9.17) is 21.1 Å². The third-order valence-electron chi connectivity index (χ3n) is 4.73. The molecule has 2 aromatic carbocycles. The highest BCUT2D eigenvalue weighted by Crippen LogP contribution is 2.36. The van der Waals surface area contributed by atoms with E-state index in [1.807, 2.05) is 0 Å². The first-order chi connectivity index (χ1) is 16.3. The van der Waals surface area contributed by atoms with Gasteiger partial charge >= 0.3 is 0 Å². The van der Waals surface area contributed by atoms with Crippen LogP contribution in [-0.4, -0.2) is 33.1 Å². The molecule has 9 nitrogen and oxygen atoms in total. The van der Waals surface area contributed by atoms with Crippen molar-refractivity contribution in [2.75, 3.05) is 7.11 Å². The summed E-state index contributed by atoms with van der Waals surface area (Å²) in [7, 11) is 1.45. The minimum absolute atomic E-state index is 0.126. The predicted molar refractivity (Wildman–Crippen MR) is 127 cm³/mol. The summed E-state index contributed by atoms with van der Waals surface area (Å²) in [4.78, 5) is 40.8. The second-order valence-corrected chi connectivity index (χ2v) is 8.45. The van der Waals surface area contributed by atoms with Crippen LogP contribution in [0, 0.1) is 10.1 Å². The Morgan fingerprint density at radius 3 is 2.65 bits per heavy atom. The van der Waals surface area contributed by atoms with Crippen molar-refractivity contribution in [3.63, 3.8) is 0 Å². The quantitative estimate of drug-likeness (QED) is 0.233. The summed E-state index contributed by atoms with van der Waals surface area (Å²) in [6, 6.07) is 14.6. The lowest BCUT2D eigenvalue weighted by Gasteiger charge is -2.12. The van der Waals surface area contributed by atoms with E-state index in [9.17, 15) is 19.7 Å². The monoisotopic (exact) mass is 497 g/mol. The maximum absolute atomic E-state index is 12.8. The number of carbonyl (C=O) groups is 2. The van der Waals surface area contributed by atoms with Gasteiger partial charge in [-0.15, -0.1) is 0 Å². The fourth-order valence-electron chi connectivity index (χ4n) is 3.12. The second kappa shape index (κ2) is 9.94. The lowest BCUT2D eigenvalue weighted by molar-refractivity contribution is -0.385. The molecule has 1 fully saturated rings. The number of nitro groups is 1. The zero-order valence-electron chi connectivity index (χ0n) is 17.6. The van der Waals surface area contributed by atoms with Crippen molar-refractivity contribution in [3.8, 4) is 17.4 Å². The van der Waals surface area contributed by atoms with Gasteiger partial charge in [0.25, 0.3) is 16.8 Å². The van der Waals surface area contributed by atoms with E-state index in [0.29, 0.717) is 22.1 Å². The number of halogens is 1. The van der Waals surface area contributed by atoms with Crippen LogP contribution in [0.4, 0.5) is 10.5 Å². The number of methoxy groups -OCH3 is 1. The molecule has 0 saturated carbocycles. The van der Waals surface area contributed by atoms with Gasteiger partial charge in [-0.2, -0.15) is 0 Å². The summed E-state index contributed by atoms with van der Waals surface area (Å²) in [6.07, 6.45) is 2.69. The molecule has 1 saturated heterocycles. The van der Waals surface area contributed by atoms with Crippen molar-refractivity contribution >= 4 is 46.3 Å².